The fraction of sp³-hybridized carbons (Fsp3) is 0.0714. The SMILES string of the molecule is Nc1cccc2oc(CS(=O)(=O)c3cccc(F)c3)nc12. The first-order valence-electron chi connectivity index (χ1n) is 6.08. The Morgan fingerprint density at radius 3 is 2.67 bits per heavy atom. The van der Waals surface area contributed by atoms with Gasteiger partial charge in [-0.2, -0.15) is 0 Å². The molecule has 0 aliphatic rings. The minimum absolute atomic E-state index is 0.0205. The van der Waals surface area contributed by atoms with Gasteiger partial charge in [0, 0.05) is 0 Å². The number of hydrogen-bond acceptors (Lipinski definition) is 5. The third-order valence-electron chi connectivity index (χ3n) is 2.96. The van der Waals surface area contributed by atoms with Crippen molar-refractivity contribution >= 4 is 26.6 Å². The van der Waals surface area contributed by atoms with E-state index in [0.717, 1.165) is 6.07 Å². The van der Waals surface area contributed by atoms with E-state index in [0.29, 0.717) is 16.8 Å². The second-order valence-corrected chi connectivity index (χ2v) is 6.51. The van der Waals surface area contributed by atoms with Crippen LogP contribution < -0.4 is 5.73 Å². The molecule has 0 radical (unpaired) electrons. The fourth-order valence-electron chi connectivity index (χ4n) is 1.98. The number of anilines is 1. The van der Waals surface area contributed by atoms with Crippen molar-refractivity contribution in [3.63, 3.8) is 0 Å². The molecule has 0 saturated heterocycles. The summed E-state index contributed by atoms with van der Waals surface area (Å²) in [7, 11) is -3.73. The first kappa shape index (κ1) is 13.6. The summed E-state index contributed by atoms with van der Waals surface area (Å²) in [5, 5.41) is 0. The molecule has 2 aromatic carbocycles. The van der Waals surface area contributed by atoms with Crippen LogP contribution in [0.5, 0.6) is 0 Å². The second kappa shape index (κ2) is 4.85. The summed E-state index contributed by atoms with van der Waals surface area (Å²) >= 11 is 0. The number of hydrogen-bond donors (Lipinski definition) is 1. The van der Waals surface area contributed by atoms with Crippen molar-refractivity contribution in [3.8, 4) is 0 Å². The van der Waals surface area contributed by atoms with E-state index in [4.69, 9.17) is 10.2 Å². The number of benzene rings is 2. The monoisotopic (exact) mass is 306 g/mol. The van der Waals surface area contributed by atoms with Gasteiger partial charge in [0.05, 0.1) is 10.6 Å². The first-order valence-corrected chi connectivity index (χ1v) is 7.73. The second-order valence-electron chi connectivity index (χ2n) is 4.52. The molecule has 1 heterocycles. The molecule has 21 heavy (non-hydrogen) atoms. The minimum atomic E-state index is -3.73. The van der Waals surface area contributed by atoms with Gasteiger partial charge >= 0.3 is 0 Å². The zero-order chi connectivity index (χ0) is 15.0. The van der Waals surface area contributed by atoms with Crippen molar-refractivity contribution in [1.29, 1.82) is 0 Å². The zero-order valence-corrected chi connectivity index (χ0v) is 11.6. The Morgan fingerprint density at radius 2 is 1.95 bits per heavy atom. The van der Waals surface area contributed by atoms with Crippen LogP contribution in [-0.4, -0.2) is 13.4 Å². The van der Waals surface area contributed by atoms with Crippen molar-refractivity contribution in [2.75, 3.05) is 5.73 Å². The van der Waals surface area contributed by atoms with Crippen LogP contribution in [0.1, 0.15) is 5.89 Å². The van der Waals surface area contributed by atoms with Crippen LogP contribution in [0.3, 0.4) is 0 Å². The summed E-state index contributed by atoms with van der Waals surface area (Å²) in [5.41, 5.74) is 6.99. The number of nitrogens with two attached hydrogens (primary N) is 1. The Morgan fingerprint density at radius 1 is 1.19 bits per heavy atom. The number of oxazole rings is 1. The maximum absolute atomic E-state index is 13.1. The van der Waals surface area contributed by atoms with Crippen LogP contribution in [0.15, 0.2) is 51.8 Å². The molecule has 108 valence electrons. The molecule has 5 nitrogen and oxygen atoms in total. The molecule has 0 unspecified atom stereocenters. The van der Waals surface area contributed by atoms with Crippen LogP contribution in [0.2, 0.25) is 0 Å². The predicted molar refractivity (Wildman–Crippen MR) is 75.7 cm³/mol. The minimum Gasteiger partial charge on any atom is -0.439 e. The highest BCUT2D eigenvalue weighted by molar-refractivity contribution is 7.90. The number of para-hydroxylation sites is 1. The van der Waals surface area contributed by atoms with E-state index in [1.165, 1.54) is 18.2 Å². The summed E-state index contributed by atoms with van der Waals surface area (Å²) in [6.45, 7) is 0. The van der Waals surface area contributed by atoms with Gasteiger partial charge in [-0.25, -0.2) is 17.8 Å². The summed E-state index contributed by atoms with van der Waals surface area (Å²) in [5.74, 6) is -1.05. The molecule has 0 spiro atoms. The molecule has 0 fully saturated rings. The smallest absolute Gasteiger partial charge is 0.211 e. The van der Waals surface area contributed by atoms with E-state index < -0.39 is 21.4 Å². The molecule has 3 aromatic rings. The number of rotatable bonds is 3. The third-order valence-corrected chi connectivity index (χ3v) is 4.56. The quantitative estimate of drug-likeness (QED) is 0.751. The summed E-state index contributed by atoms with van der Waals surface area (Å²) in [6.07, 6.45) is 0. The van der Waals surface area contributed by atoms with Gasteiger partial charge in [0.25, 0.3) is 0 Å². The van der Waals surface area contributed by atoms with Gasteiger partial charge in [0.1, 0.15) is 17.1 Å². The normalized spacial score (nSPS) is 11.9. The molecule has 7 heteroatoms. The number of sulfone groups is 1. The lowest BCUT2D eigenvalue weighted by Crippen LogP contribution is -2.05. The van der Waals surface area contributed by atoms with Gasteiger partial charge in [0.2, 0.25) is 5.89 Å². The highest BCUT2D eigenvalue weighted by Crippen LogP contribution is 2.24. The molecular weight excluding hydrogens is 295 g/mol. The van der Waals surface area contributed by atoms with E-state index in [9.17, 15) is 12.8 Å². The highest BCUT2D eigenvalue weighted by atomic mass is 32.2. The number of nitrogens with zero attached hydrogens (tertiary/aromatic N) is 1. The van der Waals surface area contributed by atoms with Crippen LogP contribution in [0.25, 0.3) is 11.1 Å². The molecule has 0 saturated carbocycles. The molecule has 1 aromatic heterocycles. The Balaban J connectivity index is 1.99. The summed E-state index contributed by atoms with van der Waals surface area (Å²) < 4.78 is 42.9. The Kier molecular flexibility index (Phi) is 3.13. The van der Waals surface area contributed by atoms with E-state index in [1.54, 1.807) is 18.2 Å². The average Bonchev–Trinajstić information content (AvgIpc) is 2.82. The van der Waals surface area contributed by atoms with E-state index in [2.05, 4.69) is 4.98 Å². The fourth-order valence-corrected chi connectivity index (χ4v) is 3.18. The van der Waals surface area contributed by atoms with Crippen molar-refractivity contribution in [2.45, 2.75) is 10.6 Å². The maximum Gasteiger partial charge on any atom is 0.211 e. The number of halogens is 1. The van der Waals surface area contributed by atoms with Crippen LogP contribution in [0.4, 0.5) is 10.1 Å². The zero-order valence-electron chi connectivity index (χ0n) is 10.8. The standard InChI is InChI=1S/C14H11FN2O3S/c15-9-3-1-4-10(7-9)21(18,19)8-13-17-14-11(16)5-2-6-12(14)20-13/h1-7H,8,16H2. The summed E-state index contributed by atoms with van der Waals surface area (Å²) in [4.78, 5) is 3.97. The van der Waals surface area contributed by atoms with Crippen molar-refractivity contribution in [3.05, 3.63) is 54.2 Å². The van der Waals surface area contributed by atoms with E-state index in [1.807, 2.05) is 0 Å². The van der Waals surface area contributed by atoms with Crippen LogP contribution in [-0.2, 0) is 15.6 Å². The molecule has 2 N–H and O–H groups in total. The lowest BCUT2D eigenvalue weighted by Gasteiger charge is -2.01. The number of fused-ring (bicyclic) bond motifs is 1. The molecule has 0 bridgehead atoms. The molecule has 0 amide bonds. The van der Waals surface area contributed by atoms with Gasteiger partial charge in [-0.05, 0) is 30.3 Å². The van der Waals surface area contributed by atoms with Crippen LogP contribution >= 0.6 is 0 Å². The van der Waals surface area contributed by atoms with Gasteiger partial charge < -0.3 is 10.2 Å². The first-order chi connectivity index (χ1) is 9.95. The molecule has 0 atom stereocenters. The van der Waals surface area contributed by atoms with Crippen molar-refractivity contribution < 1.29 is 17.2 Å². The molecule has 0 aliphatic carbocycles. The Bertz CT molecular complexity index is 919. The van der Waals surface area contributed by atoms with Gasteiger partial charge in [-0.1, -0.05) is 12.1 Å². The predicted octanol–water partition coefficient (Wildman–Crippen LogP) is 2.52. The maximum atomic E-state index is 13.1. The molecule has 0 aliphatic heterocycles. The van der Waals surface area contributed by atoms with Gasteiger partial charge in [-0.15, -0.1) is 0 Å². The van der Waals surface area contributed by atoms with Gasteiger partial charge in [-0.3, -0.25) is 0 Å². The Hall–Kier alpha value is -2.41. The van der Waals surface area contributed by atoms with Crippen LogP contribution in [0, 0.1) is 5.82 Å². The third kappa shape index (κ3) is 2.59. The largest absolute Gasteiger partial charge is 0.439 e. The lowest BCUT2D eigenvalue weighted by atomic mass is 10.3. The molecule has 3 rings (SSSR count). The number of aromatic nitrogens is 1. The average molecular weight is 306 g/mol. The summed E-state index contributed by atoms with van der Waals surface area (Å²) in [6, 6.07) is 9.80. The topological polar surface area (TPSA) is 86.2 Å². The number of nitrogen functional groups attached to an aromatic ring is 1. The van der Waals surface area contributed by atoms with Crippen molar-refractivity contribution in [2.24, 2.45) is 0 Å². The van der Waals surface area contributed by atoms with Crippen molar-refractivity contribution in [1.82, 2.24) is 4.98 Å². The van der Waals surface area contributed by atoms with Gasteiger partial charge in [0.15, 0.2) is 15.4 Å². The highest BCUT2D eigenvalue weighted by Gasteiger charge is 2.20. The van der Waals surface area contributed by atoms with E-state index >= 15 is 0 Å². The molecular formula is C14H11FN2O3S. The Labute approximate surface area is 120 Å². The lowest BCUT2D eigenvalue weighted by molar-refractivity contribution is 0.539. The van der Waals surface area contributed by atoms with E-state index in [-0.39, 0.29) is 10.8 Å².